The minimum Gasteiger partial charge on any atom is -0.272 e. The van der Waals surface area contributed by atoms with Crippen LogP contribution >= 0.6 is 11.6 Å². The van der Waals surface area contributed by atoms with Gasteiger partial charge in [-0.05, 0) is 36.5 Å². The Morgan fingerprint density at radius 2 is 1.77 bits per heavy atom. The molecule has 2 aliphatic carbocycles. The summed E-state index contributed by atoms with van der Waals surface area (Å²) in [6.07, 6.45) is 4.89. The molecule has 1 heterocycles. The smallest absolute Gasteiger partial charge is 0.270 e. The van der Waals surface area contributed by atoms with Gasteiger partial charge in [0, 0.05) is 10.6 Å². The van der Waals surface area contributed by atoms with Crippen LogP contribution in [0.2, 0.25) is 5.02 Å². The Balaban J connectivity index is 1.56. The van der Waals surface area contributed by atoms with Gasteiger partial charge in [-0.25, -0.2) is 0 Å². The zero-order valence-electron chi connectivity index (χ0n) is 11.5. The number of fused-ring (bicyclic) bond motifs is 5. The first-order valence-electron chi connectivity index (χ1n) is 7.19. The van der Waals surface area contributed by atoms with E-state index in [0.29, 0.717) is 10.6 Å². The van der Waals surface area contributed by atoms with Crippen molar-refractivity contribution < 1.29 is 14.4 Å². The number of hydrogen-bond donors (Lipinski definition) is 1. The molecule has 1 saturated carbocycles. The number of hydrogen-bond acceptors (Lipinski definition) is 3. The summed E-state index contributed by atoms with van der Waals surface area (Å²) in [7, 11) is 0. The average molecular weight is 317 g/mol. The van der Waals surface area contributed by atoms with E-state index in [4.69, 9.17) is 11.6 Å². The minimum absolute atomic E-state index is 0.125. The highest BCUT2D eigenvalue weighted by atomic mass is 35.5. The number of rotatable bonds is 2. The summed E-state index contributed by atoms with van der Waals surface area (Å²) < 4.78 is 0. The topological polar surface area (TPSA) is 66.5 Å². The van der Waals surface area contributed by atoms with Gasteiger partial charge in [-0.15, -0.1) is 0 Å². The molecule has 3 aliphatic rings. The molecule has 22 heavy (non-hydrogen) atoms. The van der Waals surface area contributed by atoms with Crippen molar-refractivity contribution in [3.8, 4) is 0 Å². The Labute approximate surface area is 131 Å². The second-order valence-corrected chi connectivity index (χ2v) is 6.40. The molecule has 1 saturated heterocycles. The van der Waals surface area contributed by atoms with Gasteiger partial charge < -0.3 is 0 Å². The van der Waals surface area contributed by atoms with Gasteiger partial charge in [0.1, 0.15) is 0 Å². The van der Waals surface area contributed by atoms with E-state index in [1.807, 2.05) is 12.2 Å². The fourth-order valence-corrected chi connectivity index (χ4v) is 4.00. The molecule has 0 aromatic heterocycles. The molecule has 1 aromatic rings. The van der Waals surface area contributed by atoms with E-state index in [9.17, 15) is 14.4 Å². The van der Waals surface area contributed by atoms with Gasteiger partial charge in [0.05, 0.1) is 11.8 Å². The predicted octanol–water partition coefficient (Wildman–Crippen LogP) is 1.79. The van der Waals surface area contributed by atoms with E-state index < -0.39 is 5.91 Å². The lowest BCUT2D eigenvalue weighted by Crippen LogP contribution is -2.47. The maximum atomic E-state index is 12.5. The standard InChI is InChI=1S/C16H13ClN2O3/c17-11-3-1-2-10(7-11)14(20)18-19-15(21)12-8-4-5-9(6-8)13(12)16(19)22/h1-5,7-9,12-13H,6H2,(H,18,20). The fraction of sp³-hybridized carbons (Fsp3) is 0.312. The Kier molecular flexibility index (Phi) is 2.87. The summed E-state index contributed by atoms with van der Waals surface area (Å²) in [6.45, 7) is 0. The van der Waals surface area contributed by atoms with Crippen LogP contribution in [0.4, 0.5) is 0 Å². The van der Waals surface area contributed by atoms with Crippen LogP contribution in [0.5, 0.6) is 0 Å². The van der Waals surface area contributed by atoms with Crippen molar-refractivity contribution in [2.75, 3.05) is 0 Å². The SMILES string of the molecule is O=C(NN1C(=O)C2C3C=CC(C3)C2C1=O)c1cccc(Cl)c1. The highest BCUT2D eigenvalue weighted by molar-refractivity contribution is 6.31. The lowest BCUT2D eigenvalue weighted by atomic mass is 9.85. The number of nitrogens with one attached hydrogen (secondary N) is 1. The summed E-state index contributed by atoms with van der Waals surface area (Å²) in [5.41, 5.74) is 2.74. The number of benzene rings is 1. The molecule has 3 amide bonds. The Morgan fingerprint density at radius 3 is 2.36 bits per heavy atom. The number of amides is 3. The fourth-order valence-electron chi connectivity index (χ4n) is 3.81. The normalized spacial score (nSPS) is 31.8. The van der Waals surface area contributed by atoms with Crippen LogP contribution in [0.3, 0.4) is 0 Å². The lowest BCUT2D eigenvalue weighted by Gasteiger charge is -2.18. The molecule has 0 radical (unpaired) electrons. The van der Waals surface area contributed by atoms with Crippen LogP contribution in [-0.2, 0) is 9.59 Å². The van der Waals surface area contributed by atoms with Crippen molar-refractivity contribution in [3.63, 3.8) is 0 Å². The van der Waals surface area contributed by atoms with Crippen molar-refractivity contribution in [1.82, 2.24) is 10.4 Å². The molecule has 0 spiro atoms. The van der Waals surface area contributed by atoms with E-state index in [1.54, 1.807) is 18.2 Å². The highest BCUT2D eigenvalue weighted by Crippen LogP contribution is 2.52. The second kappa shape index (κ2) is 4.68. The molecule has 6 heteroatoms. The first-order valence-corrected chi connectivity index (χ1v) is 7.57. The molecular formula is C16H13ClN2O3. The van der Waals surface area contributed by atoms with Crippen molar-refractivity contribution >= 4 is 29.3 Å². The summed E-state index contributed by atoms with van der Waals surface area (Å²) in [5.74, 6) is -1.50. The monoisotopic (exact) mass is 316 g/mol. The van der Waals surface area contributed by atoms with Gasteiger partial charge >= 0.3 is 0 Å². The maximum Gasteiger partial charge on any atom is 0.270 e. The number of imide groups is 1. The van der Waals surface area contributed by atoms with Crippen molar-refractivity contribution in [3.05, 3.63) is 47.0 Å². The average Bonchev–Trinajstić information content (AvgIpc) is 3.17. The Hall–Kier alpha value is -2.14. The van der Waals surface area contributed by atoms with Gasteiger partial charge in [-0.3, -0.25) is 19.8 Å². The van der Waals surface area contributed by atoms with E-state index in [2.05, 4.69) is 5.43 Å². The molecule has 1 N–H and O–H groups in total. The largest absolute Gasteiger partial charge is 0.272 e. The number of halogens is 1. The molecule has 1 aliphatic heterocycles. The summed E-state index contributed by atoms with van der Waals surface area (Å²) in [5, 5.41) is 1.32. The molecule has 1 aromatic carbocycles. The van der Waals surface area contributed by atoms with Gasteiger partial charge in [0.25, 0.3) is 17.7 Å². The third-order valence-electron chi connectivity index (χ3n) is 4.77. The quantitative estimate of drug-likeness (QED) is 0.668. The molecule has 112 valence electrons. The number of hydrazine groups is 1. The molecule has 4 rings (SSSR count). The highest BCUT2D eigenvalue weighted by Gasteiger charge is 2.59. The van der Waals surface area contributed by atoms with Crippen LogP contribution in [-0.4, -0.2) is 22.7 Å². The summed E-state index contributed by atoms with van der Waals surface area (Å²) in [4.78, 5) is 37.1. The van der Waals surface area contributed by atoms with Crippen LogP contribution in [0.1, 0.15) is 16.8 Å². The van der Waals surface area contributed by atoms with E-state index in [-0.39, 0.29) is 35.5 Å². The number of carbonyl (C=O) groups is 3. The number of allylic oxidation sites excluding steroid dienone is 2. The summed E-state index contributed by atoms with van der Waals surface area (Å²) in [6, 6.07) is 6.37. The molecule has 2 fully saturated rings. The first-order chi connectivity index (χ1) is 10.6. The summed E-state index contributed by atoms with van der Waals surface area (Å²) >= 11 is 5.85. The molecule has 2 bridgehead atoms. The number of nitrogens with zero attached hydrogens (tertiary/aromatic N) is 1. The van der Waals surface area contributed by atoms with Gasteiger partial charge in [-0.2, -0.15) is 5.01 Å². The molecule has 5 nitrogen and oxygen atoms in total. The maximum absolute atomic E-state index is 12.5. The second-order valence-electron chi connectivity index (χ2n) is 5.96. The van der Waals surface area contributed by atoms with Gasteiger partial charge in [0.2, 0.25) is 0 Å². The molecule has 4 unspecified atom stereocenters. The van der Waals surface area contributed by atoms with Crippen molar-refractivity contribution in [2.45, 2.75) is 6.42 Å². The van der Waals surface area contributed by atoms with Crippen LogP contribution in [0, 0.1) is 23.7 Å². The van der Waals surface area contributed by atoms with E-state index in [0.717, 1.165) is 11.4 Å². The van der Waals surface area contributed by atoms with Crippen molar-refractivity contribution in [2.24, 2.45) is 23.7 Å². The third kappa shape index (κ3) is 1.82. The molecular weight excluding hydrogens is 304 g/mol. The van der Waals surface area contributed by atoms with Gasteiger partial charge in [-0.1, -0.05) is 29.8 Å². The predicted molar refractivity (Wildman–Crippen MR) is 78.5 cm³/mol. The zero-order valence-corrected chi connectivity index (χ0v) is 12.3. The lowest BCUT2D eigenvalue weighted by molar-refractivity contribution is -0.143. The first kappa shape index (κ1) is 13.5. The zero-order chi connectivity index (χ0) is 15.4. The Morgan fingerprint density at radius 1 is 1.14 bits per heavy atom. The van der Waals surface area contributed by atoms with Crippen LogP contribution in [0.25, 0.3) is 0 Å². The van der Waals surface area contributed by atoms with E-state index in [1.165, 1.54) is 6.07 Å². The van der Waals surface area contributed by atoms with Gasteiger partial charge in [0.15, 0.2) is 0 Å². The minimum atomic E-state index is -0.510. The van der Waals surface area contributed by atoms with Crippen LogP contribution < -0.4 is 5.43 Å². The number of carbonyl (C=O) groups excluding carboxylic acids is 3. The van der Waals surface area contributed by atoms with Crippen LogP contribution in [0.15, 0.2) is 36.4 Å². The Bertz CT molecular complexity index is 700. The van der Waals surface area contributed by atoms with E-state index >= 15 is 0 Å². The molecule has 4 atom stereocenters. The van der Waals surface area contributed by atoms with Crippen molar-refractivity contribution in [1.29, 1.82) is 0 Å². The third-order valence-corrected chi connectivity index (χ3v) is 5.01.